The van der Waals surface area contributed by atoms with Crippen LogP contribution in [0.25, 0.3) is 0 Å². The number of aliphatic carboxylic acids is 2. The minimum Gasteiger partial charge on any atom is -0.481 e. The second-order valence-corrected chi connectivity index (χ2v) is 7.40. The lowest BCUT2D eigenvalue weighted by Gasteiger charge is -2.31. The quantitative estimate of drug-likeness (QED) is 0.474. The number of fused-ring (bicyclic) bond motifs is 1. The molecule has 0 heterocycles. The van der Waals surface area contributed by atoms with Gasteiger partial charge >= 0.3 is 24.1 Å². The number of carboxylic acid groups (broad SMARTS) is 2. The van der Waals surface area contributed by atoms with Crippen LogP contribution in [-0.4, -0.2) is 58.5 Å². The standard InChI is InChI=1S/C15H23N3O7/c1-14(2,3)25-13(24)18-15(11(21)22)5-6(17-12(23)16-4)7-8(9(7)15)10(19)20/h6-9H,5H2,1-4H3,(H,18,24)(H,19,20)(H,21,22)(H2,16,17,23). The van der Waals surface area contributed by atoms with E-state index in [9.17, 15) is 29.4 Å². The Morgan fingerprint density at radius 3 is 2.20 bits per heavy atom. The maximum absolute atomic E-state index is 12.1. The normalized spacial score (nSPS) is 33.0. The van der Waals surface area contributed by atoms with E-state index in [1.54, 1.807) is 20.8 Å². The van der Waals surface area contributed by atoms with Crippen LogP contribution >= 0.6 is 0 Å². The molecule has 3 amide bonds. The Bertz CT molecular complexity index is 615. The van der Waals surface area contributed by atoms with Gasteiger partial charge in [-0.1, -0.05) is 0 Å². The number of urea groups is 1. The summed E-state index contributed by atoms with van der Waals surface area (Å²) >= 11 is 0. The monoisotopic (exact) mass is 357 g/mol. The molecule has 25 heavy (non-hydrogen) atoms. The van der Waals surface area contributed by atoms with Crippen molar-refractivity contribution in [2.24, 2.45) is 17.8 Å². The van der Waals surface area contributed by atoms with E-state index in [-0.39, 0.29) is 6.42 Å². The van der Waals surface area contributed by atoms with Crippen molar-refractivity contribution in [2.45, 2.75) is 44.4 Å². The summed E-state index contributed by atoms with van der Waals surface area (Å²) in [5, 5.41) is 26.3. The summed E-state index contributed by atoms with van der Waals surface area (Å²) in [4.78, 5) is 47.1. The number of alkyl carbamates (subject to hydrolysis) is 1. The van der Waals surface area contributed by atoms with Crippen molar-refractivity contribution in [1.29, 1.82) is 0 Å². The highest BCUT2D eigenvalue weighted by Gasteiger charge is 2.76. The van der Waals surface area contributed by atoms with Crippen molar-refractivity contribution in [1.82, 2.24) is 16.0 Å². The topological polar surface area (TPSA) is 154 Å². The Balaban J connectivity index is 2.27. The van der Waals surface area contributed by atoms with E-state index in [0.717, 1.165) is 0 Å². The summed E-state index contributed by atoms with van der Waals surface area (Å²) in [6, 6.07) is -1.23. The van der Waals surface area contributed by atoms with Gasteiger partial charge in [-0.25, -0.2) is 14.4 Å². The SMILES string of the molecule is CNC(=O)NC1CC(NC(=O)OC(C)(C)C)(C(=O)O)C2C(C(=O)O)C12. The van der Waals surface area contributed by atoms with Crippen LogP contribution in [0.2, 0.25) is 0 Å². The molecule has 10 heteroatoms. The fourth-order valence-electron chi connectivity index (χ4n) is 3.70. The molecule has 0 bridgehead atoms. The van der Waals surface area contributed by atoms with Crippen molar-refractivity contribution in [3.8, 4) is 0 Å². The van der Waals surface area contributed by atoms with Crippen LogP contribution in [-0.2, 0) is 14.3 Å². The molecule has 2 aliphatic rings. The second-order valence-electron chi connectivity index (χ2n) is 7.40. The molecule has 5 unspecified atom stereocenters. The van der Waals surface area contributed by atoms with Crippen LogP contribution in [0.1, 0.15) is 27.2 Å². The molecule has 5 atom stereocenters. The predicted octanol–water partition coefficient (Wildman–Crippen LogP) is -0.0174. The zero-order chi connectivity index (χ0) is 19.2. The minimum atomic E-state index is -1.80. The number of rotatable bonds is 4. The van der Waals surface area contributed by atoms with Crippen molar-refractivity contribution >= 4 is 24.1 Å². The van der Waals surface area contributed by atoms with E-state index in [4.69, 9.17) is 4.74 Å². The van der Waals surface area contributed by atoms with Crippen molar-refractivity contribution in [2.75, 3.05) is 7.05 Å². The molecule has 10 nitrogen and oxygen atoms in total. The van der Waals surface area contributed by atoms with Gasteiger partial charge in [-0.3, -0.25) is 4.79 Å². The van der Waals surface area contributed by atoms with Gasteiger partial charge in [0.1, 0.15) is 11.1 Å². The fraction of sp³-hybridized carbons (Fsp3) is 0.733. The first-order valence-corrected chi connectivity index (χ1v) is 7.88. The molecular weight excluding hydrogens is 334 g/mol. The molecule has 2 saturated carbocycles. The van der Waals surface area contributed by atoms with Gasteiger partial charge < -0.3 is 30.9 Å². The van der Waals surface area contributed by atoms with Crippen LogP contribution < -0.4 is 16.0 Å². The van der Waals surface area contributed by atoms with Gasteiger partial charge in [-0.15, -0.1) is 0 Å². The highest BCUT2D eigenvalue weighted by atomic mass is 16.6. The van der Waals surface area contributed by atoms with E-state index in [0.29, 0.717) is 0 Å². The highest BCUT2D eigenvalue weighted by molar-refractivity contribution is 5.90. The van der Waals surface area contributed by atoms with Gasteiger partial charge in [0.2, 0.25) is 0 Å². The van der Waals surface area contributed by atoms with Crippen LogP contribution in [0, 0.1) is 17.8 Å². The van der Waals surface area contributed by atoms with Crippen LogP contribution in [0.15, 0.2) is 0 Å². The molecule has 2 rings (SSSR count). The fourth-order valence-corrected chi connectivity index (χ4v) is 3.70. The number of nitrogens with one attached hydrogen (secondary N) is 3. The van der Waals surface area contributed by atoms with Crippen molar-refractivity contribution in [3.05, 3.63) is 0 Å². The van der Waals surface area contributed by atoms with Crippen LogP contribution in [0.4, 0.5) is 9.59 Å². The smallest absolute Gasteiger partial charge is 0.408 e. The average Bonchev–Trinajstić information content (AvgIpc) is 3.12. The Hall–Kier alpha value is -2.52. The average molecular weight is 357 g/mol. The molecule has 2 aliphatic carbocycles. The van der Waals surface area contributed by atoms with Gasteiger partial charge in [0.05, 0.1) is 5.92 Å². The van der Waals surface area contributed by atoms with Crippen molar-refractivity contribution < 1.29 is 34.1 Å². The molecule has 0 saturated heterocycles. The molecule has 0 aliphatic heterocycles. The summed E-state index contributed by atoms with van der Waals surface area (Å²) in [5.41, 5.74) is -2.64. The Morgan fingerprint density at radius 1 is 1.16 bits per heavy atom. The number of carbonyl (C=O) groups is 4. The minimum absolute atomic E-state index is 0.117. The highest BCUT2D eigenvalue weighted by Crippen LogP contribution is 2.62. The molecule has 0 aromatic rings. The van der Waals surface area contributed by atoms with E-state index < -0.39 is 59.0 Å². The number of amides is 3. The summed E-state index contributed by atoms with van der Waals surface area (Å²) in [6.45, 7) is 4.89. The molecule has 0 aromatic carbocycles. The number of hydrogen-bond acceptors (Lipinski definition) is 5. The number of carbonyl (C=O) groups excluding carboxylic acids is 2. The van der Waals surface area contributed by atoms with Crippen LogP contribution in [0.3, 0.4) is 0 Å². The van der Waals surface area contributed by atoms with Gasteiger partial charge in [-0.2, -0.15) is 0 Å². The Labute approximate surface area is 144 Å². The zero-order valence-corrected chi connectivity index (χ0v) is 14.5. The largest absolute Gasteiger partial charge is 0.481 e. The molecule has 0 radical (unpaired) electrons. The van der Waals surface area contributed by atoms with Gasteiger partial charge in [0.15, 0.2) is 0 Å². The summed E-state index contributed by atoms with van der Waals surface area (Å²) in [6.07, 6.45) is -1.06. The van der Waals surface area contributed by atoms with Crippen LogP contribution in [0.5, 0.6) is 0 Å². The first-order valence-electron chi connectivity index (χ1n) is 7.88. The third-order valence-electron chi connectivity index (χ3n) is 4.59. The molecule has 2 fully saturated rings. The molecule has 140 valence electrons. The summed E-state index contributed by atoms with van der Waals surface area (Å²) in [5.74, 6) is -4.85. The van der Waals surface area contributed by atoms with E-state index >= 15 is 0 Å². The summed E-state index contributed by atoms with van der Waals surface area (Å²) in [7, 11) is 1.40. The zero-order valence-electron chi connectivity index (χ0n) is 14.5. The maximum Gasteiger partial charge on any atom is 0.408 e. The first kappa shape index (κ1) is 18.8. The lowest BCUT2D eigenvalue weighted by molar-refractivity contribution is -0.147. The van der Waals surface area contributed by atoms with E-state index in [1.807, 2.05) is 0 Å². The van der Waals surface area contributed by atoms with E-state index in [1.165, 1.54) is 7.05 Å². The van der Waals surface area contributed by atoms with Crippen molar-refractivity contribution in [3.63, 3.8) is 0 Å². The lowest BCUT2D eigenvalue weighted by Crippen LogP contribution is -2.58. The lowest BCUT2D eigenvalue weighted by atomic mass is 9.89. The first-order chi connectivity index (χ1) is 11.4. The third kappa shape index (κ3) is 3.47. The molecular formula is C15H23N3O7. The van der Waals surface area contributed by atoms with Gasteiger partial charge in [0, 0.05) is 25.4 Å². The Morgan fingerprint density at radius 2 is 1.76 bits per heavy atom. The second kappa shape index (κ2) is 6.08. The maximum atomic E-state index is 12.1. The molecule has 0 spiro atoms. The Kier molecular flexibility index (Phi) is 4.58. The predicted molar refractivity (Wildman–Crippen MR) is 83.8 cm³/mol. The third-order valence-corrected chi connectivity index (χ3v) is 4.59. The van der Waals surface area contributed by atoms with Gasteiger partial charge in [0.25, 0.3) is 0 Å². The number of hydrogen-bond donors (Lipinski definition) is 5. The molecule has 5 N–H and O–H groups in total. The summed E-state index contributed by atoms with van der Waals surface area (Å²) < 4.78 is 5.11. The van der Waals surface area contributed by atoms with E-state index in [2.05, 4.69) is 16.0 Å². The number of ether oxygens (including phenoxy) is 1. The van der Waals surface area contributed by atoms with Gasteiger partial charge in [-0.05, 0) is 26.7 Å². The number of carboxylic acids is 2. The molecule has 0 aromatic heterocycles.